The van der Waals surface area contributed by atoms with Crippen LogP contribution in [0.3, 0.4) is 0 Å². The summed E-state index contributed by atoms with van der Waals surface area (Å²) in [5.41, 5.74) is 5.68. The molecule has 0 aromatic heterocycles. The Labute approximate surface area is 103 Å². The van der Waals surface area contributed by atoms with Crippen LogP contribution in [0.15, 0.2) is 36.4 Å². The molecule has 3 N–H and O–H groups in total. The minimum Gasteiger partial charge on any atom is -0.386 e. The molecule has 94 valence electrons. The summed E-state index contributed by atoms with van der Waals surface area (Å²) in [5.74, 6) is -1.56. The summed E-state index contributed by atoms with van der Waals surface area (Å²) in [6.45, 7) is 4.80. The third-order valence-electron chi connectivity index (χ3n) is 1.92. The number of primary amides is 1. The number of amides is 2. The molecule has 0 aliphatic rings. The van der Waals surface area contributed by atoms with Crippen molar-refractivity contribution >= 4 is 23.7 Å². The normalized spacial score (nSPS) is 9.39. The van der Waals surface area contributed by atoms with E-state index >= 15 is 0 Å². The van der Waals surface area contributed by atoms with Crippen LogP contribution in [0.5, 0.6) is 0 Å². The summed E-state index contributed by atoms with van der Waals surface area (Å²) >= 11 is 0. The number of hydrogen-bond donors (Lipinski definition) is 2. The van der Waals surface area contributed by atoms with Crippen LogP contribution in [0.1, 0.15) is 17.3 Å². The Morgan fingerprint density at radius 2 is 1.78 bits per heavy atom. The second-order valence-corrected chi connectivity index (χ2v) is 3.52. The smallest absolute Gasteiger partial charge is 0.346 e. The average Bonchev–Trinajstić information content (AvgIpc) is 2.28. The van der Waals surface area contributed by atoms with Crippen molar-refractivity contribution in [1.29, 1.82) is 0 Å². The molecule has 0 saturated heterocycles. The lowest BCUT2D eigenvalue weighted by Crippen LogP contribution is -2.19. The molecule has 0 saturated carbocycles. The van der Waals surface area contributed by atoms with Crippen molar-refractivity contribution in [3.63, 3.8) is 0 Å². The molecule has 0 radical (unpaired) electrons. The summed E-state index contributed by atoms with van der Waals surface area (Å²) < 4.78 is 4.53. The van der Waals surface area contributed by atoms with Crippen molar-refractivity contribution in [3.8, 4) is 0 Å². The Kier molecular flexibility index (Phi) is 4.20. The van der Waals surface area contributed by atoms with Gasteiger partial charge in [0, 0.05) is 11.3 Å². The Balaban J connectivity index is 2.73. The van der Waals surface area contributed by atoms with Crippen LogP contribution in [-0.4, -0.2) is 18.0 Å². The van der Waals surface area contributed by atoms with E-state index < -0.39 is 18.0 Å². The van der Waals surface area contributed by atoms with Gasteiger partial charge in [-0.2, -0.15) is 0 Å². The number of benzene rings is 1. The van der Waals surface area contributed by atoms with Crippen LogP contribution in [0.4, 0.5) is 10.5 Å². The average molecular weight is 248 g/mol. The number of urea groups is 1. The third kappa shape index (κ3) is 3.75. The van der Waals surface area contributed by atoms with Gasteiger partial charge in [-0.15, -0.1) is 0 Å². The van der Waals surface area contributed by atoms with E-state index in [4.69, 9.17) is 5.73 Å². The van der Waals surface area contributed by atoms with Crippen molar-refractivity contribution in [2.24, 2.45) is 5.73 Å². The van der Waals surface area contributed by atoms with Crippen molar-refractivity contribution in [2.45, 2.75) is 6.92 Å². The van der Waals surface area contributed by atoms with Gasteiger partial charge in [0.05, 0.1) is 5.56 Å². The first-order valence-corrected chi connectivity index (χ1v) is 4.98. The molecule has 0 spiro atoms. The van der Waals surface area contributed by atoms with E-state index in [1.165, 1.54) is 31.2 Å². The van der Waals surface area contributed by atoms with E-state index in [0.717, 1.165) is 0 Å². The van der Waals surface area contributed by atoms with Gasteiger partial charge in [-0.3, -0.25) is 0 Å². The number of rotatable bonds is 3. The fourth-order valence-electron chi connectivity index (χ4n) is 1.06. The van der Waals surface area contributed by atoms with Crippen LogP contribution in [0.25, 0.3) is 0 Å². The minimum absolute atomic E-state index is 0.135. The lowest BCUT2D eigenvalue weighted by Gasteiger charge is -2.04. The highest BCUT2D eigenvalue weighted by atomic mass is 16.6. The molecule has 18 heavy (non-hydrogen) atoms. The fraction of sp³-hybridized carbons (Fsp3) is 0.0833. The lowest BCUT2D eigenvalue weighted by molar-refractivity contribution is -0.133. The van der Waals surface area contributed by atoms with E-state index in [-0.39, 0.29) is 11.1 Å². The van der Waals surface area contributed by atoms with Gasteiger partial charge in [-0.1, -0.05) is 6.58 Å². The zero-order chi connectivity index (χ0) is 13.7. The minimum atomic E-state index is -0.784. The van der Waals surface area contributed by atoms with Gasteiger partial charge in [0.1, 0.15) is 0 Å². The van der Waals surface area contributed by atoms with E-state index in [2.05, 4.69) is 16.6 Å². The van der Waals surface area contributed by atoms with Gasteiger partial charge in [0.15, 0.2) is 0 Å². The SMILES string of the molecule is C=C(C)C(=O)OC(=O)c1ccc(NC(N)=O)cc1. The zero-order valence-corrected chi connectivity index (χ0v) is 9.73. The molecule has 0 heterocycles. The zero-order valence-electron chi connectivity index (χ0n) is 9.73. The highest BCUT2D eigenvalue weighted by Crippen LogP contribution is 2.10. The van der Waals surface area contributed by atoms with Gasteiger partial charge >= 0.3 is 18.0 Å². The van der Waals surface area contributed by atoms with Crippen LogP contribution in [0.2, 0.25) is 0 Å². The molecule has 2 amide bonds. The topological polar surface area (TPSA) is 98.5 Å². The molecule has 0 fully saturated rings. The molecule has 0 aliphatic heterocycles. The highest BCUT2D eigenvalue weighted by Gasteiger charge is 2.13. The van der Waals surface area contributed by atoms with Crippen molar-refractivity contribution in [1.82, 2.24) is 0 Å². The second kappa shape index (κ2) is 5.62. The molecule has 1 aromatic rings. The number of nitrogens with two attached hydrogens (primary N) is 1. The van der Waals surface area contributed by atoms with Gasteiger partial charge in [-0.25, -0.2) is 14.4 Å². The van der Waals surface area contributed by atoms with Gasteiger partial charge < -0.3 is 15.8 Å². The van der Waals surface area contributed by atoms with Crippen LogP contribution >= 0.6 is 0 Å². The highest BCUT2D eigenvalue weighted by molar-refractivity contribution is 6.02. The monoisotopic (exact) mass is 248 g/mol. The predicted molar refractivity (Wildman–Crippen MR) is 64.9 cm³/mol. The standard InChI is InChI=1S/C12H12N2O4/c1-7(2)10(15)18-11(16)8-3-5-9(6-4-8)14-12(13)17/h3-6H,1H2,2H3,(H3,13,14,17). The first-order valence-electron chi connectivity index (χ1n) is 4.98. The Morgan fingerprint density at radius 3 is 2.22 bits per heavy atom. The van der Waals surface area contributed by atoms with Crippen LogP contribution in [0, 0.1) is 0 Å². The summed E-state index contributed by atoms with van der Waals surface area (Å²) in [6.07, 6.45) is 0. The molecule has 6 nitrogen and oxygen atoms in total. The number of esters is 2. The number of ether oxygens (including phenoxy) is 1. The van der Waals surface area contributed by atoms with Crippen molar-refractivity contribution in [2.75, 3.05) is 5.32 Å². The maximum atomic E-state index is 11.5. The van der Waals surface area contributed by atoms with Gasteiger partial charge in [-0.05, 0) is 31.2 Å². The molecule has 1 rings (SSSR count). The molecule has 0 unspecified atom stereocenters. The Hall–Kier alpha value is -2.63. The molecule has 0 atom stereocenters. The molecule has 6 heteroatoms. The largest absolute Gasteiger partial charge is 0.386 e. The van der Waals surface area contributed by atoms with Crippen LogP contribution in [-0.2, 0) is 9.53 Å². The molecule has 0 bridgehead atoms. The van der Waals surface area contributed by atoms with Gasteiger partial charge in [0.2, 0.25) is 0 Å². The van der Waals surface area contributed by atoms with E-state index in [9.17, 15) is 14.4 Å². The Morgan fingerprint density at radius 1 is 1.22 bits per heavy atom. The predicted octanol–water partition coefficient (Wildman–Crippen LogP) is 1.44. The van der Waals surface area contributed by atoms with E-state index in [0.29, 0.717) is 5.69 Å². The van der Waals surface area contributed by atoms with Gasteiger partial charge in [0.25, 0.3) is 0 Å². The maximum Gasteiger partial charge on any atom is 0.346 e. The third-order valence-corrected chi connectivity index (χ3v) is 1.92. The second-order valence-electron chi connectivity index (χ2n) is 3.52. The number of carbonyl (C=O) groups excluding carboxylic acids is 3. The van der Waals surface area contributed by atoms with E-state index in [1.54, 1.807) is 0 Å². The molecular formula is C12H12N2O4. The first kappa shape index (κ1) is 13.4. The Bertz CT molecular complexity index is 505. The van der Waals surface area contributed by atoms with Crippen molar-refractivity contribution < 1.29 is 19.1 Å². The van der Waals surface area contributed by atoms with Crippen molar-refractivity contribution in [3.05, 3.63) is 42.0 Å². The molecular weight excluding hydrogens is 236 g/mol. The maximum absolute atomic E-state index is 11.5. The summed E-state index contributed by atoms with van der Waals surface area (Å²) in [5, 5.41) is 2.34. The number of hydrogen-bond acceptors (Lipinski definition) is 4. The van der Waals surface area contributed by atoms with Crippen LogP contribution < -0.4 is 11.1 Å². The summed E-state index contributed by atoms with van der Waals surface area (Å²) in [7, 11) is 0. The summed E-state index contributed by atoms with van der Waals surface area (Å²) in [4.78, 5) is 33.2. The summed E-state index contributed by atoms with van der Waals surface area (Å²) in [6, 6.07) is 5.03. The number of anilines is 1. The quantitative estimate of drug-likeness (QED) is 0.480. The fourth-order valence-corrected chi connectivity index (χ4v) is 1.06. The number of nitrogens with one attached hydrogen (secondary N) is 1. The molecule has 0 aliphatic carbocycles. The molecule has 1 aromatic carbocycles. The lowest BCUT2D eigenvalue weighted by atomic mass is 10.2. The number of carbonyl (C=O) groups is 3. The first-order chi connectivity index (χ1) is 8.40. The van der Waals surface area contributed by atoms with E-state index in [1.807, 2.05) is 0 Å².